The Kier molecular flexibility index (Phi) is 22.4. The Morgan fingerprint density at radius 2 is 0.760 bits per heavy atom. The first kappa shape index (κ1) is 86.9. The van der Waals surface area contributed by atoms with Crippen LogP contribution in [0.2, 0.25) is 10.0 Å². The van der Waals surface area contributed by atoms with Crippen LogP contribution < -0.4 is 0 Å². The van der Waals surface area contributed by atoms with E-state index in [9.17, 15) is 53.4 Å². The van der Waals surface area contributed by atoms with Crippen molar-refractivity contribution in [3.8, 4) is 17.1 Å². The summed E-state index contributed by atoms with van der Waals surface area (Å²) < 4.78 is 142. The van der Waals surface area contributed by atoms with Gasteiger partial charge in [-0.05, 0) is 264 Å². The number of rotatable bonds is 21. The molecule has 37 heteroatoms. The number of fused-ring (bicyclic) bond motifs is 6. The van der Waals surface area contributed by atoms with Crippen LogP contribution in [0, 0.1) is 39.5 Å². The van der Waals surface area contributed by atoms with Gasteiger partial charge in [-0.1, -0.05) is 39.9 Å². The molecule has 666 valence electrons. The van der Waals surface area contributed by atoms with Gasteiger partial charge in [0.2, 0.25) is 10.3 Å². The number of carbonyl (C=O) groups excluding carboxylic acids is 3. The zero-order valence-corrected chi connectivity index (χ0v) is 74.3. The highest BCUT2D eigenvalue weighted by Gasteiger charge is 2.59. The number of carbonyl (C=O) groups is 3. The first-order valence-electron chi connectivity index (χ1n) is 42.3. The third-order valence-corrected chi connectivity index (χ3v) is 33.1. The Balaban J connectivity index is 0.000000126. The van der Waals surface area contributed by atoms with Crippen LogP contribution in [0.5, 0.6) is 0 Å². The molecule has 0 amide bonds. The van der Waals surface area contributed by atoms with Gasteiger partial charge < -0.3 is 0 Å². The van der Waals surface area contributed by atoms with Crippen molar-refractivity contribution in [3.05, 3.63) is 272 Å². The van der Waals surface area contributed by atoms with E-state index in [2.05, 4.69) is 79.2 Å². The molecule has 6 saturated carbocycles. The van der Waals surface area contributed by atoms with E-state index in [0.29, 0.717) is 91.3 Å². The molecule has 9 aliphatic carbocycles. The van der Waals surface area contributed by atoms with Gasteiger partial charge in [-0.25, -0.2) is 75.9 Å². The van der Waals surface area contributed by atoms with E-state index >= 15 is 0 Å². The van der Waals surface area contributed by atoms with Crippen LogP contribution >= 0.6 is 23.2 Å². The number of ketones is 3. The molecule has 0 bridgehead atoms. The average molecular weight is 1850 g/mol. The molecular weight excluding hydrogens is 1760 g/mol. The maximum Gasteiger partial charge on any atom is 0.251 e. The maximum atomic E-state index is 14.6. The van der Waals surface area contributed by atoms with Crippen molar-refractivity contribution in [2.24, 2.45) is 37.4 Å². The van der Waals surface area contributed by atoms with E-state index < -0.39 is 82.0 Å². The minimum absolute atomic E-state index is 0.0501. The summed E-state index contributed by atoms with van der Waals surface area (Å²) in [4.78, 5) is 65.2. The molecular formula is C92H88Cl2F6N20O6S3. The van der Waals surface area contributed by atoms with Gasteiger partial charge >= 0.3 is 0 Å². The van der Waals surface area contributed by atoms with Crippen molar-refractivity contribution in [2.45, 2.75) is 173 Å². The normalized spacial score (nSPS) is 23.4. The van der Waals surface area contributed by atoms with Crippen LogP contribution in [-0.4, -0.2) is 186 Å². The molecule has 9 atom stereocenters. The molecule has 0 N–H and O–H groups in total. The highest BCUT2D eigenvalue weighted by Crippen LogP contribution is 2.58. The number of aryl methyl sites for hydroxylation is 3. The number of benzene rings is 3. The van der Waals surface area contributed by atoms with Gasteiger partial charge in [0.05, 0.1) is 98.1 Å². The molecule has 6 fully saturated rings. The van der Waals surface area contributed by atoms with E-state index in [0.717, 1.165) is 81.9 Å². The maximum absolute atomic E-state index is 14.6. The highest BCUT2D eigenvalue weighted by atomic mass is 35.5. The van der Waals surface area contributed by atoms with Crippen molar-refractivity contribution >= 4 is 106 Å². The third-order valence-electron chi connectivity index (χ3n) is 26.4. The molecule has 0 saturated heterocycles. The molecule has 0 radical (unpaired) electrons. The second-order valence-electron chi connectivity index (χ2n) is 35.0. The summed E-state index contributed by atoms with van der Waals surface area (Å²) in [5.41, 5.74) is 7.24. The van der Waals surface area contributed by atoms with Crippen molar-refractivity contribution in [1.29, 1.82) is 0 Å². The summed E-state index contributed by atoms with van der Waals surface area (Å²) in [6.07, 6.45) is 28.2. The number of hydrogen-bond donors (Lipinski definition) is 0. The lowest BCUT2D eigenvalue weighted by atomic mass is 9.60. The fourth-order valence-corrected chi connectivity index (χ4v) is 26.6. The topological polar surface area (TPSA) is 284 Å². The number of Topliss-reactive ketones (excluding diaryl/α,β-unsaturated/α-hetero) is 3. The molecule has 129 heavy (non-hydrogen) atoms. The van der Waals surface area contributed by atoms with E-state index in [1.807, 2.05) is 20.8 Å². The SMILES string of the molecule is C=S(=O)(c1ccn(C)n1)N(C1CC(F)(F)C1)[C@H]1CCC2=Cc3c(cnn3-c3ccc(F)cc3)C[C@]2(C(=O)c2cc(Cl)ccn2)C1.C=S(=O)(c1ncn(C)n1)N(C1CC1)[C@H]1CCC2=Cc3c(cnn3-c3ccc(F)cc3)C[C@]2(C(=O)c2cc(Cl)ccn2)C1.C=S(=O)(c1ncn(C)n1)N(C1CC1)[C@H]1CCC2=Cc3c(cnn3-c3ccc(F)cc3)C[C@]2(C(=O)c2cc(F)ccn2)C1. The Morgan fingerprint density at radius 3 is 1.07 bits per heavy atom. The predicted molar refractivity (Wildman–Crippen MR) is 477 cm³/mol. The van der Waals surface area contributed by atoms with E-state index in [4.69, 9.17) is 23.2 Å². The average Bonchev–Trinajstić information content (AvgIpc) is 1.51. The fourth-order valence-electron chi connectivity index (χ4n) is 20.2. The first-order chi connectivity index (χ1) is 61.7. The Hall–Kier alpha value is -11.4. The first-order valence-corrected chi connectivity index (χ1v) is 48.2. The fraction of sp³-hybridized carbons (Fsp3) is 0.337. The Bertz CT molecular complexity index is 6670. The highest BCUT2D eigenvalue weighted by molar-refractivity contribution is 7.98. The monoisotopic (exact) mass is 1850 g/mol. The van der Waals surface area contributed by atoms with E-state index in [1.54, 1.807) is 131 Å². The number of pyridine rings is 3. The number of aromatic nitrogens is 17. The lowest BCUT2D eigenvalue weighted by molar-refractivity contribution is -0.115. The quantitative estimate of drug-likeness (QED) is 0.0367. The van der Waals surface area contributed by atoms with E-state index in [-0.39, 0.29) is 98.5 Å². The second kappa shape index (κ2) is 33.2. The van der Waals surface area contributed by atoms with Crippen LogP contribution in [0.1, 0.15) is 162 Å². The summed E-state index contributed by atoms with van der Waals surface area (Å²) in [5, 5.41) is 28.2. The number of hydrogen-bond acceptors (Lipinski definition) is 17. The smallest absolute Gasteiger partial charge is 0.251 e. The van der Waals surface area contributed by atoms with Crippen LogP contribution in [0.4, 0.5) is 26.3 Å². The zero-order chi connectivity index (χ0) is 90.2. The van der Waals surface area contributed by atoms with Gasteiger partial charge in [0.25, 0.3) is 5.92 Å². The van der Waals surface area contributed by atoms with Gasteiger partial charge in [-0.15, -0.1) is 10.2 Å². The molecule has 12 aromatic rings. The Labute approximate surface area is 750 Å². The second-order valence-corrected chi connectivity index (χ2v) is 42.1. The lowest BCUT2D eigenvalue weighted by Gasteiger charge is -2.51. The summed E-state index contributed by atoms with van der Waals surface area (Å²) in [6.45, 7) is 0. The summed E-state index contributed by atoms with van der Waals surface area (Å²) >= 11 is 12.6. The Morgan fingerprint density at radius 1 is 0.411 bits per heavy atom. The van der Waals surface area contributed by atoms with Crippen LogP contribution in [0.25, 0.3) is 35.3 Å². The largest absolute Gasteiger partial charge is 0.291 e. The zero-order valence-electron chi connectivity index (χ0n) is 70.4. The van der Waals surface area contributed by atoms with Gasteiger partial charge in [-0.3, -0.25) is 43.4 Å². The van der Waals surface area contributed by atoms with E-state index in [1.165, 1.54) is 93.7 Å². The van der Waals surface area contributed by atoms with Gasteiger partial charge in [-0.2, -0.15) is 20.4 Å². The minimum atomic E-state index is -3.29. The molecule has 9 aliphatic rings. The molecule has 26 nitrogen and oxygen atoms in total. The predicted octanol–water partition coefficient (Wildman–Crippen LogP) is 14.8. The molecule has 0 spiro atoms. The molecule has 0 aliphatic heterocycles. The van der Waals surface area contributed by atoms with Gasteiger partial charge in [0.15, 0.2) is 22.4 Å². The van der Waals surface area contributed by atoms with Gasteiger partial charge in [0, 0.05) is 111 Å². The van der Waals surface area contributed by atoms with Crippen molar-refractivity contribution < 1.29 is 53.4 Å². The van der Waals surface area contributed by atoms with Crippen LogP contribution in [0.3, 0.4) is 0 Å². The molecule has 3 aromatic carbocycles. The van der Waals surface area contributed by atoms with Crippen molar-refractivity contribution in [3.63, 3.8) is 0 Å². The molecule has 21 rings (SSSR count). The van der Waals surface area contributed by atoms with Gasteiger partial charge in [0.1, 0.15) is 53.0 Å². The lowest BCUT2D eigenvalue weighted by Crippen LogP contribution is -2.59. The number of halogens is 8. The number of allylic oxidation sites excluding steroid dienone is 3. The molecule has 9 aromatic heterocycles. The number of alkyl halides is 2. The van der Waals surface area contributed by atoms with Crippen LogP contribution in [-0.2, 0) is 69.5 Å². The summed E-state index contributed by atoms with van der Waals surface area (Å²) in [7, 11) is -4.18. The molecule has 9 heterocycles. The molecule has 3 unspecified atom stereocenters. The number of nitrogens with zero attached hydrogens (tertiary/aromatic N) is 20. The summed E-state index contributed by atoms with van der Waals surface area (Å²) in [6, 6.07) is 27.1. The third kappa shape index (κ3) is 16.2. The van der Waals surface area contributed by atoms with Crippen molar-refractivity contribution in [1.82, 2.24) is 96.5 Å². The standard InChI is InChI=1S/C32H30ClF3N6O2S.C30H29ClFN7O2S.C30H29F2N7O2S/c1-40-12-10-29(39-40)45(2,44)42(26-17-32(35,36)18-26)25-6-3-21-13-28-20(19-38-41(28)24-7-4-23(34)5-8-24)15-31(21,16-25)30(43)27-14-22(33)9-11-37-27;1-37-18-34-29(36-37)42(2,41)39(24-9-10-24)25-6-3-20-13-27-19(17-35-38(27)23-7-4-22(32)5-8-23)15-30(20,16-25)28(40)26-14-21(31)11-12-33-26;1-37-18-34-29(36-37)42(2,41)39(24-9-10-24)25-6-3-20-13-27-19(17-35-38(27)23-7-4-21(31)5-8-23)15-30(20,16-25)28(40)26-14-22(32)11-12-33-26/h4-5,7-14,19,25-26H,2-3,6,15-18H2,1H3;2*4-5,7-8,11-14,17-18,24-25H,2-3,6,9-10,15-16H2,1H3/t25-,31-,45?;2*25-,30-,42?/m000/s1. The van der Waals surface area contributed by atoms with Crippen molar-refractivity contribution in [2.75, 3.05) is 0 Å². The van der Waals surface area contributed by atoms with Crippen LogP contribution in [0.15, 0.2) is 203 Å². The minimum Gasteiger partial charge on any atom is -0.291 e. The summed E-state index contributed by atoms with van der Waals surface area (Å²) in [5.74, 6) is 7.26.